The van der Waals surface area contributed by atoms with Gasteiger partial charge >= 0.3 is 0 Å². The van der Waals surface area contributed by atoms with Crippen LogP contribution in [0.5, 0.6) is 0 Å². The first-order valence-corrected chi connectivity index (χ1v) is 5.84. The fourth-order valence-electron chi connectivity index (χ4n) is 2.09. The van der Waals surface area contributed by atoms with Gasteiger partial charge in [0, 0.05) is 17.9 Å². The van der Waals surface area contributed by atoms with Gasteiger partial charge in [0.25, 0.3) is 0 Å². The molecular weight excluding hydrogens is 224 g/mol. The molecule has 84 valence electrons. The van der Waals surface area contributed by atoms with E-state index in [1.165, 1.54) is 0 Å². The quantitative estimate of drug-likeness (QED) is 0.740. The fraction of sp³-hybridized carbons (Fsp3) is 0.385. The monoisotopic (exact) mass is 236 g/mol. The minimum atomic E-state index is -0.438. The minimum Gasteiger partial charge on any atom is -0.299 e. The number of benzene rings is 1. The van der Waals surface area contributed by atoms with Gasteiger partial charge in [0.1, 0.15) is 11.6 Å². The van der Waals surface area contributed by atoms with Crippen LogP contribution in [0.25, 0.3) is 0 Å². The standard InChI is InChI=1S/C13H13ClO2/c14-10-4-1-3-9(7-10)8-11-12(15)5-2-6-13(11)16/h1,3-4,7,11H,2,5-6,8H2. The van der Waals surface area contributed by atoms with Crippen molar-refractivity contribution in [2.45, 2.75) is 25.7 Å². The normalized spacial score (nSPS) is 17.8. The molecule has 1 saturated carbocycles. The Morgan fingerprint density at radius 3 is 2.50 bits per heavy atom. The van der Waals surface area contributed by atoms with E-state index >= 15 is 0 Å². The zero-order valence-corrected chi connectivity index (χ0v) is 9.67. The molecule has 0 saturated heterocycles. The summed E-state index contributed by atoms with van der Waals surface area (Å²) in [6.45, 7) is 0. The molecule has 0 heterocycles. The summed E-state index contributed by atoms with van der Waals surface area (Å²) in [6, 6.07) is 7.35. The summed E-state index contributed by atoms with van der Waals surface area (Å²) in [5.74, 6) is -0.278. The maximum absolute atomic E-state index is 11.6. The van der Waals surface area contributed by atoms with Gasteiger partial charge in [-0.2, -0.15) is 0 Å². The molecule has 0 aliphatic heterocycles. The van der Waals surface area contributed by atoms with Crippen LogP contribution in [0.4, 0.5) is 0 Å². The lowest BCUT2D eigenvalue weighted by Gasteiger charge is -2.19. The summed E-state index contributed by atoms with van der Waals surface area (Å²) >= 11 is 5.87. The third kappa shape index (κ3) is 2.50. The van der Waals surface area contributed by atoms with Crippen LogP contribution in [0, 0.1) is 5.92 Å². The van der Waals surface area contributed by atoms with E-state index < -0.39 is 5.92 Å². The molecule has 3 heteroatoms. The summed E-state index contributed by atoms with van der Waals surface area (Å²) in [4.78, 5) is 23.3. The number of halogens is 1. The molecule has 2 rings (SSSR count). The van der Waals surface area contributed by atoms with Crippen LogP contribution in [0.1, 0.15) is 24.8 Å². The van der Waals surface area contributed by atoms with E-state index in [0.29, 0.717) is 30.7 Å². The second kappa shape index (κ2) is 4.79. The predicted molar refractivity (Wildman–Crippen MR) is 62.5 cm³/mol. The fourth-order valence-corrected chi connectivity index (χ4v) is 2.31. The first kappa shape index (κ1) is 11.3. The number of Topliss-reactive ketones (excluding diaryl/α,β-unsaturated/α-hetero) is 2. The minimum absolute atomic E-state index is 0.0798. The molecule has 1 fully saturated rings. The molecule has 0 N–H and O–H groups in total. The van der Waals surface area contributed by atoms with Gasteiger partial charge in [-0.25, -0.2) is 0 Å². The Balaban J connectivity index is 2.13. The summed E-state index contributed by atoms with van der Waals surface area (Å²) in [7, 11) is 0. The van der Waals surface area contributed by atoms with E-state index in [2.05, 4.69) is 0 Å². The molecule has 2 nitrogen and oxygen atoms in total. The molecule has 1 aliphatic rings. The van der Waals surface area contributed by atoms with Gasteiger partial charge in [-0.1, -0.05) is 23.7 Å². The molecule has 0 aromatic heterocycles. The molecule has 0 radical (unpaired) electrons. The molecule has 0 spiro atoms. The molecular formula is C13H13ClO2. The van der Waals surface area contributed by atoms with E-state index in [9.17, 15) is 9.59 Å². The Morgan fingerprint density at radius 1 is 1.19 bits per heavy atom. The molecule has 0 atom stereocenters. The van der Waals surface area contributed by atoms with Gasteiger partial charge in [-0.05, 0) is 30.5 Å². The van der Waals surface area contributed by atoms with Gasteiger partial charge in [0.2, 0.25) is 0 Å². The van der Waals surface area contributed by atoms with Gasteiger partial charge < -0.3 is 0 Å². The lowest BCUT2D eigenvalue weighted by Crippen LogP contribution is -2.30. The smallest absolute Gasteiger partial charge is 0.143 e. The summed E-state index contributed by atoms with van der Waals surface area (Å²) < 4.78 is 0. The Kier molecular flexibility index (Phi) is 3.39. The largest absolute Gasteiger partial charge is 0.299 e. The second-order valence-corrected chi connectivity index (χ2v) is 4.61. The Labute approximate surface area is 99.6 Å². The highest BCUT2D eigenvalue weighted by Gasteiger charge is 2.29. The molecule has 0 unspecified atom stereocenters. The number of hydrogen-bond acceptors (Lipinski definition) is 2. The van der Waals surface area contributed by atoms with Crippen LogP contribution in [0.15, 0.2) is 24.3 Å². The Bertz CT molecular complexity index is 410. The highest BCUT2D eigenvalue weighted by molar-refractivity contribution is 6.30. The number of hydrogen-bond donors (Lipinski definition) is 0. The number of rotatable bonds is 2. The zero-order valence-electron chi connectivity index (χ0n) is 8.91. The summed E-state index contributed by atoms with van der Waals surface area (Å²) in [6.07, 6.45) is 2.29. The van der Waals surface area contributed by atoms with Crippen LogP contribution in [-0.2, 0) is 16.0 Å². The Hall–Kier alpha value is -1.15. The van der Waals surface area contributed by atoms with E-state index in [-0.39, 0.29) is 11.6 Å². The molecule has 0 amide bonds. The zero-order chi connectivity index (χ0) is 11.5. The van der Waals surface area contributed by atoms with E-state index in [0.717, 1.165) is 5.56 Å². The van der Waals surface area contributed by atoms with Crippen molar-refractivity contribution in [2.24, 2.45) is 5.92 Å². The number of carbonyl (C=O) groups is 2. The van der Waals surface area contributed by atoms with Gasteiger partial charge in [-0.3, -0.25) is 9.59 Å². The molecule has 1 aromatic rings. The van der Waals surface area contributed by atoms with Crippen molar-refractivity contribution in [3.05, 3.63) is 34.9 Å². The third-order valence-electron chi connectivity index (χ3n) is 2.95. The first-order valence-electron chi connectivity index (χ1n) is 5.46. The lowest BCUT2D eigenvalue weighted by atomic mass is 9.83. The van der Waals surface area contributed by atoms with Crippen molar-refractivity contribution in [2.75, 3.05) is 0 Å². The highest BCUT2D eigenvalue weighted by atomic mass is 35.5. The second-order valence-electron chi connectivity index (χ2n) is 4.17. The van der Waals surface area contributed by atoms with Crippen LogP contribution in [0.2, 0.25) is 5.02 Å². The van der Waals surface area contributed by atoms with Crippen molar-refractivity contribution >= 4 is 23.2 Å². The maximum Gasteiger partial charge on any atom is 0.143 e. The van der Waals surface area contributed by atoms with Gasteiger partial charge in [0.15, 0.2) is 0 Å². The van der Waals surface area contributed by atoms with Crippen molar-refractivity contribution in [1.29, 1.82) is 0 Å². The van der Waals surface area contributed by atoms with E-state index in [4.69, 9.17) is 11.6 Å². The highest BCUT2D eigenvalue weighted by Crippen LogP contribution is 2.22. The van der Waals surface area contributed by atoms with Crippen molar-refractivity contribution < 1.29 is 9.59 Å². The third-order valence-corrected chi connectivity index (χ3v) is 3.19. The van der Waals surface area contributed by atoms with Gasteiger partial charge in [0.05, 0.1) is 5.92 Å². The first-order chi connectivity index (χ1) is 7.66. The molecule has 1 aliphatic carbocycles. The molecule has 16 heavy (non-hydrogen) atoms. The summed E-state index contributed by atoms with van der Waals surface area (Å²) in [5.41, 5.74) is 0.959. The van der Waals surface area contributed by atoms with Gasteiger partial charge in [-0.15, -0.1) is 0 Å². The molecule has 1 aromatic carbocycles. The number of ketones is 2. The average molecular weight is 237 g/mol. The van der Waals surface area contributed by atoms with E-state index in [1.54, 1.807) is 6.07 Å². The van der Waals surface area contributed by atoms with Crippen molar-refractivity contribution in [1.82, 2.24) is 0 Å². The Morgan fingerprint density at radius 2 is 1.88 bits per heavy atom. The average Bonchev–Trinajstić information content (AvgIpc) is 2.24. The summed E-state index contributed by atoms with van der Waals surface area (Å²) in [5, 5.41) is 0.646. The van der Waals surface area contributed by atoms with E-state index in [1.807, 2.05) is 18.2 Å². The van der Waals surface area contributed by atoms with Crippen molar-refractivity contribution in [3.63, 3.8) is 0 Å². The molecule has 0 bridgehead atoms. The SMILES string of the molecule is O=C1CCCC(=O)C1Cc1cccc(Cl)c1. The van der Waals surface area contributed by atoms with Crippen LogP contribution in [-0.4, -0.2) is 11.6 Å². The van der Waals surface area contributed by atoms with Crippen LogP contribution >= 0.6 is 11.6 Å². The van der Waals surface area contributed by atoms with Crippen LogP contribution in [0.3, 0.4) is 0 Å². The van der Waals surface area contributed by atoms with Crippen LogP contribution < -0.4 is 0 Å². The predicted octanol–water partition coefficient (Wildman–Crippen LogP) is 2.82. The maximum atomic E-state index is 11.6. The number of carbonyl (C=O) groups excluding carboxylic acids is 2. The lowest BCUT2D eigenvalue weighted by molar-refractivity contribution is -0.135. The topological polar surface area (TPSA) is 34.1 Å². The van der Waals surface area contributed by atoms with Crippen molar-refractivity contribution in [3.8, 4) is 0 Å².